The van der Waals surface area contributed by atoms with Crippen LogP contribution in [0, 0.1) is 13.8 Å². The number of hydrogen-bond donors (Lipinski definition) is 1. The molecule has 106 valence electrons. The largest absolute Gasteiger partial charge is 0.374 e. The number of nitrogens with zero attached hydrogens (tertiary/aromatic N) is 1. The van der Waals surface area contributed by atoms with E-state index in [1.165, 1.54) is 4.31 Å². The fourth-order valence-electron chi connectivity index (χ4n) is 2.28. The fraction of sp³-hybridized carbons (Fsp3) is 0.538. The summed E-state index contributed by atoms with van der Waals surface area (Å²) in [6.45, 7) is 5.20. The van der Waals surface area contributed by atoms with Crippen LogP contribution in [0.4, 0.5) is 0 Å². The van der Waals surface area contributed by atoms with E-state index >= 15 is 0 Å². The van der Waals surface area contributed by atoms with Crippen molar-refractivity contribution in [2.75, 3.05) is 26.2 Å². The van der Waals surface area contributed by atoms with Crippen LogP contribution in [0.1, 0.15) is 11.1 Å². The van der Waals surface area contributed by atoms with Crippen molar-refractivity contribution >= 4 is 10.0 Å². The maximum absolute atomic E-state index is 12.6. The predicted octanol–water partition coefficient (Wildman–Crippen LogP) is 0.652. The number of benzene rings is 1. The zero-order valence-electron chi connectivity index (χ0n) is 11.3. The molecule has 1 aliphatic rings. The zero-order chi connectivity index (χ0) is 14.0. The third-order valence-corrected chi connectivity index (χ3v) is 5.34. The van der Waals surface area contributed by atoms with Crippen LogP contribution in [0.15, 0.2) is 23.1 Å². The Hall–Kier alpha value is -0.950. The van der Waals surface area contributed by atoms with Crippen molar-refractivity contribution in [3.63, 3.8) is 0 Å². The molecule has 2 rings (SSSR count). The minimum atomic E-state index is -3.45. The van der Waals surface area contributed by atoms with E-state index in [2.05, 4.69) is 0 Å². The van der Waals surface area contributed by atoms with E-state index in [-0.39, 0.29) is 6.10 Å². The normalized spacial score (nSPS) is 21.5. The topological polar surface area (TPSA) is 72.6 Å². The van der Waals surface area contributed by atoms with Crippen LogP contribution < -0.4 is 5.73 Å². The zero-order valence-corrected chi connectivity index (χ0v) is 12.1. The van der Waals surface area contributed by atoms with Gasteiger partial charge < -0.3 is 10.5 Å². The first-order valence-electron chi connectivity index (χ1n) is 6.34. The van der Waals surface area contributed by atoms with E-state index in [0.29, 0.717) is 31.1 Å². The van der Waals surface area contributed by atoms with Gasteiger partial charge in [-0.1, -0.05) is 17.7 Å². The van der Waals surface area contributed by atoms with Crippen molar-refractivity contribution in [2.45, 2.75) is 24.8 Å². The van der Waals surface area contributed by atoms with Crippen molar-refractivity contribution < 1.29 is 13.2 Å². The summed E-state index contributed by atoms with van der Waals surface area (Å²) >= 11 is 0. The van der Waals surface area contributed by atoms with E-state index in [1.807, 2.05) is 26.0 Å². The summed E-state index contributed by atoms with van der Waals surface area (Å²) in [6, 6.07) is 5.38. The summed E-state index contributed by atoms with van der Waals surface area (Å²) in [5, 5.41) is 0. The highest BCUT2D eigenvalue weighted by molar-refractivity contribution is 7.89. The average molecular weight is 284 g/mol. The van der Waals surface area contributed by atoms with Crippen molar-refractivity contribution in [1.82, 2.24) is 4.31 Å². The summed E-state index contributed by atoms with van der Waals surface area (Å²) in [6.07, 6.45) is -0.214. The van der Waals surface area contributed by atoms with Gasteiger partial charge in [-0.25, -0.2) is 8.42 Å². The van der Waals surface area contributed by atoms with Gasteiger partial charge in [0.25, 0.3) is 0 Å². The summed E-state index contributed by atoms with van der Waals surface area (Å²) in [5.74, 6) is 0. The Morgan fingerprint density at radius 2 is 2.16 bits per heavy atom. The van der Waals surface area contributed by atoms with Gasteiger partial charge in [0.2, 0.25) is 10.0 Å². The van der Waals surface area contributed by atoms with Gasteiger partial charge in [-0.3, -0.25) is 0 Å². The molecule has 1 aromatic rings. The first-order chi connectivity index (χ1) is 8.95. The lowest BCUT2D eigenvalue weighted by atomic mass is 10.2. The summed E-state index contributed by atoms with van der Waals surface area (Å²) in [4.78, 5) is 0.371. The molecular weight excluding hydrogens is 264 g/mol. The Morgan fingerprint density at radius 3 is 2.79 bits per heavy atom. The third-order valence-electron chi connectivity index (χ3n) is 3.31. The van der Waals surface area contributed by atoms with Crippen LogP contribution in [0.2, 0.25) is 0 Å². The standard InChI is InChI=1S/C13H20N2O3S/c1-10-3-4-13(11(2)7-10)19(16,17)15-5-6-18-12(8-14)9-15/h3-4,7,12H,5-6,8-9,14H2,1-2H3. The summed E-state index contributed by atoms with van der Waals surface area (Å²) in [5.41, 5.74) is 7.38. The van der Waals surface area contributed by atoms with Gasteiger partial charge in [0.05, 0.1) is 17.6 Å². The molecule has 1 saturated heterocycles. The van der Waals surface area contributed by atoms with Crippen molar-refractivity contribution in [2.24, 2.45) is 5.73 Å². The molecule has 0 radical (unpaired) electrons. The van der Waals surface area contributed by atoms with E-state index < -0.39 is 10.0 Å². The molecule has 1 heterocycles. The first kappa shape index (κ1) is 14.5. The lowest BCUT2D eigenvalue weighted by Gasteiger charge is -2.31. The molecule has 1 aromatic carbocycles. The Kier molecular flexibility index (Phi) is 4.25. The highest BCUT2D eigenvalue weighted by Gasteiger charge is 2.31. The Balaban J connectivity index is 2.31. The van der Waals surface area contributed by atoms with Gasteiger partial charge in [0.1, 0.15) is 0 Å². The molecule has 5 nitrogen and oxygen atoms in total. The quantitative estimate of drug-likeness (QED) is 0.884. The Bertz CT molecular complexity index is 557. The Morgan fingerprint density at radius 1 is 1.42 bits per heavy atom. The number of morpholine rings is 1. The third kappa shape index (κ3) is 2.97. The molecule has 1 unspecified atom stereocenters. The van der Waals surface area contributed by atoms with Crippen LogP contribution in [0.3, 0.4) is 0 Å². The number of ether oxygens (including phenoxy) is 1. The average Bonchev–Trinajstić information content (AvgIpc) is 2.38. The van der Waals surface area contributed by atoms with E-state index in [0.717, 1.165) is 11.1 Å². The molecule has 0 saturated carbocycles. The number of rotatable bonds is 3. The second-order valence-electron chi connectivity index (χ2n) is 4.86. The molecule has 1 aliphatic heterocycles. The van der Waals surface area contributed by atoms with E-state index in [1.54, 1.807) is 6.07 Å². The van der Waals surface area contributed by atoms with Gasteiger partial charge in [0, 0.05) is 19.6 Å². The maximum Gasteiger partial charge on any atom is 0.243 e. The molecule has 0 spiro atoms. The number of sulfonamides is 1. The molecule has 19 heavy (non-hydrogen) atoms. The molecule has 0 aromatic heterocycles. The highest BCUT2D eigenvalue weighted by atomic mass is 32.2. The Labute approximate surface area is 114 Å². The van der Waals surface area contributed by atoms with Gasteiger partial charge in [-0.2, -0.15) is 4.31 Å². The van der Waals surface area contributed by atoms with Gasteiger partial charge in [0.15, 0.2) is 0 Å². The minimum Gasteiger partial charge on any atom is -0.374 e. The lowest BCUT2D eigenvalue weighted by molar-refractivity contribution is 0.00449. The van der Waals surface area contributed by atoms with Gasteiger partial charge in [-0.15, -0.1) is 0 Å². The lowest BCUT2D eigenvalue weighted by Crippen LogP contribution is -2.48. The smallest absolute Gasteiger partial charge is 0.243 e. The number of nitrogens with two attached hydrogens (primary N) is 1. The minimum absolute atomic E-state index is 0.214. The van der Waals surface area contributed by atoms with Crippen molar-refractivity contribution in [1.29, 1.82) is 0 Å². The number of aryl methyl sites for hydroxylation is 2. The van der Waals surface area contributed by atoms with E-state index in [4.69, 9.17) is 10.5 Å². The van der Waals surface area contributed by atoms with Crippen LogP contribution in [0.25, 0.3) is 0 Å². The molecule has 0 amide bonds. The second kappa shape index (κ2) is 5.58. The molecular formula is C13H20N2O3S. The predicted molar refractivity (Wildman–Crippen MR) is 73.5 cm³/mol. The SMILES string of the molecule is Cc1ccc(S(=O)(=O)N2CCOC(CN)C2)c(C)c1. The van der Waals surface area contributed by atoms with Crippen LogP contribution >= 0.6 is 0 Å². The maximum atomic E-state index is 12.6. The first-order valence-corrected chi connectivity index (χ1v) is 7.78. The molecule has 0 aliphatic carbocycles. The molecule has 2 N–H and O–H groups in total. The van der Waals surface area contributed by atoms with Crippen LogP contribution in [-0.2, 0) is 14.8 Å². The summed E-state index contributed by atoms with van der Waals surface area (Å²) in [7, 11) is -3.45. The number of hydrogen-bond acceptors (Lipinski definition) is 4. The van der Waals surface area contributed by atoms with E-state index in [9.17, 15) is 8.42 Å². The van der Waals surface area contributed by atoms with Gasteiger partial charge >= 0.3 is 0 Å². The second-order valence-corrected chi connectivity index (χ2v) is 6.77. The fourth-order valence-corrected chi connectivity index (χ4v) is 3.94. The van der Waals surface area contributed by atoms with Crippen LogP contribution in [-0.4, -0.2) is 45.1 Å². The van der Waals surface area contributed by atoms with Gasteiger partial charge in [-0.05, 0) is 25.5 Å². The highest BCUT2D eigenvalue weighted by Crippen LogP contribution is 2.22. The molecule has 1 atom stereocenters. The van der Waals surface area contributed by atoms with Crippen LogP contribution in [0.5, 0.6) is 0 Å². The van der Waals surface area contributed by atoms with Crippen molar-refractivity contribution in [3.05, 3.63) is 29.3 Å². The monoisotopic (exact) mass is 284 g/mol. The summed E-state index contributed by atoms with van der Waals surface area (Å²) < 4.78 is 32.1. The molecule has 0 bridgehead atoms. The van der Waals surface area contributed by atoms with Crippen molar-refractivity contribution in [3.8, 4) is 0 Å². The molecule has 1 fully saturated rings. The molecule has 6 heteroatoms.